The van der Waals surface area contributed by atoms with Gasteiger partial charge in [0, 0.05) is 24.3 Å². The molecule has 1 amide bonds. The zero-order valence-electron chi connectivity index (χ0n) is 11.9. The van der Waals surface area contributed by atoms with Crippen molar-refractivity contribution in [2.75, 3.05) is 6.54 Å². The van der Waals surface area contributed by atoms with Crippen molar-refractivity contribution in [3.05, 3.63) is 17.5 Å². The molecule has 0 bridgehead atoms. The van der Waals surface area contributed by atoms with Crippen molar-refractivity contribution in [1.29, 1.82) is 0 Å². The Labute approximate surface area is 114 Å². The molecule has 1 aliphatic rings. The number of carbonyl (C=O) groups is 1. The number of amides is 1. The van der Waals surface area contributed by atoms with Crippen LogP contribution >= 0.6 is 0 Å². The normalized spacial score (nSPS) is 23.3. The lowest BCUT2D eigenvalue weighted by Crippen LogP contribution is -2.44. The smallest absolute Gasteiger partial charge is 0.257 e. The molecular weight excluding hydrogens is 240 g/mol. The van der Waals surface area contributed by atoms with Crippen LogP contribution in [0.2, 0.25) is 0 Å². The molecule has 1 saturated carbocycles. The van der Waals surface area contributed by atoms with E-state index in [4.69, 9.17) is 5.73 Å². The number of aromatic nitrogens is 2. The lowest BCUT2D eigenvalue weighted by atomic mass is 9.90. The first kappa shape index (κ1) is 14.1. The van der Waals surface area contributed by atoms with E-state index in [0.717, 1.165) is 44.3 Å². The van der Waals surface area contributed by atoms with Gasteiger partial charge < -0.3 is 10.6 Å². The van der Waals surface area contributed by atoms with E-state index in [2.05, 4.69) is 17.1 Å². The maximum absolute atomic E-state index is 12.6. The summed E-state index contributed by atoms with van der Waals surface area (Å²) in [6, 6.07) is 0.645. The molecule has 0 aromatic carbocycles. The number of aromatic amines is 1. The van der Waals surface area contributed by atoms with Gasteiger partial charge in [0.1, 0.15) is 0 Å². The van der Waals surface area contributed by atoms with E-state index in [1.807, 2.05) is 11.8 Å². The van der Waals surface area contributed by atoms with Crippen molar-refractivity contribution < 1.29 is 4.79 Å². The summed E-state index contributed by atoms with van der Waals surface area (Å²) in [6.07, 6.45) is 6.68. The van der Waals surface area contributed by atoms with Gasteiger partial charge in [0.25, 0.3) is 5.91 Å². The summed E-state index contributed by atoms with van der Waals surface area (Å²) in [4.78, 5) is 14.6. The summed E-state index contributed by atoms with van der Waals surface area (Å²) < 4.78 is 0. The largest absolute Gasteiger partial charge is 0.336 e. The maximum Gasteiger partial charge on any atom is 0.257 e. The van der Waals surface area contributed by atoms with E-state index in [0.29, 0.717) is 17.6 Å². The van der Waals surface area contributed by atoms with Crippen LogP contribution in [0, 0.1) is 6.92 Å². The molecule has 2 rings (SSSR count). The van der Waals surface area contributed by atoms with Crippen LogP contribution in [0.15, 0.2) is 6.20 Å². The van der Waals surface area contributed by atoms with Crippen molar-refractivity contribution in [2.45, 2.75) is 58.0 Å². The lowest BCUT2D eigenvalue weighted by Gasteiger charge is -2.36. The quantitative estimate of drug-likeness (QED) is 0.871. The Morgan fingerprint density at radius 3 is 2.68 bits per heavy atom. The zero-order chi connectivity index (χ0) is 13.8. The molecule has 0 radical (unpaired) electrons. The minimum atomic E-state index is 0.105. The monoisotopic (exact) mass is 264 g/mol. The van der Waals surface area contributed by atoms with Crippen LogP contribution in [0.25, 0.3) is 0 Å². The predicted molar refractivity (Wildman–Crippen MR) is 74.9 cm³/mol. The minimum Gasteiger partial charge on any atom is -0.336 e. The number of nitrogens with one attached hydrogen (secondary N) is 1. The molecule has 1 heterocycles. The molecule has 19 heavy (non-hydrogen) atoms. The number of nitrogens with two attached hydrogens (primary N) is 1. The average Bonchev–Trinajstić information content (AvgIpc) is 2.83. The van der Waals surface area contributed by atoms with E-state index in [-0.39, 0.29) is 5.91 Å². The Bertz CT molecular complexity index is 421. The predicted octanol–water partition coefficient (Wildman–Crippen LogP) is 1.84. The Kier molecular flexibility index (Phi) is 4.58. The molecule has 1 aromatic rings. The van der Waals surface area contributed by atoms with Gasteiger partial charge in [-0.15, -0.1) is 0 Å². The summed E-state index contributed by atoms with van der Waals surface area (Å²) >= 11 is 0. The van der Waals surface area contributed by atoms with Crippen LogP contribution in [0.5, 0.6) is 0 Å². The van der Waals surface area contributed by atoms with E-state index in [1.54, 1.807) is 6.20 Å². The van der Waals surface area contributed by atoms with Gasteiger partial charge >= 0.3 is 0 Å². The molecule has 0 saturated heterocycles. The van der Waals surface area contributed by atoms with E-state index in [1.165, 1.54) is 0 Å². The first-order valence-corrected chi connectivity index (χ1v) is 7.20. The fourth-order valence-corrected chi connectivity index (χ4v) is 2.83. The van der Waals surface area contributed by atoms with Gasteiger partial charge in [-0.05, 0) is 39.0 Å². The van der Waals surface area contributed by atoms with Crippen LogP contribution < -0.4 is 5.73 Å². The number of hydrogen-bond acceptors (Lipinski definition) is 3. The highest BCUT2D eigenvalue weighted by molar-refractivity contribution is 5.95. The average molecular weight is 264 g/mol. The SMILES string of the molecule is CCCN(C(=O)c1cn[nH]c1C)C1CCC(N)CC1. The first-order valence-electron chi connectivity index (χ1n) is 7.20. The van der Waals surface area contributed by atoms with Crippen molar-refractivity contribution in [1.82, 2.24) is 15.1 Å². The molecular formula is C14H24N4O. The molecule has 0 atom stereocenters. The molecule has 106 valence electrons. The third-order valence-corrected chi connectivity index (χ3v) is 3.97. The van der Waals surface area contributed by atoms with Crippen molar-refractivity contribution >= 4 is 5.91 Å². The Morgan fingerprint density at radius 1 is 1.47 bits per heavy atom. The fourth-order valence-electron chi connectivity index (χ4n) is 2.83. The molecule has 0 unspecified atom stereocenters. The van der Waals surface area contributed by atoms with Gasteiger partial charge in [0.05, 0.1) is 11.8 Å². The van der Waals surface area contributed by atoms with Gasteiger partial charge in [0.2, 0.25) is 0 Å². The van der Waals surface area contributed by atoms with E-state index in [9.17, 15) is 4.79 Å². The number of aryl methyl sites for hydroxylation is 1. The Morgan fingerprint density at radius 2 is 2.16 bits per heavy atom. The summed E-state index contributed by atoms with van der Waals surface area (Å²) in [5, 5.41) is 6.79. The summed E-state index contributed by atoms with van der Waals surface area (Å²) in [6.45, 7) is 4.81. The first-order chi connectivity index (χ1) is 9.13. The topological polar surface area (TPSA) is 75.0 Å². The second-order valence-corrected chi connectivity index (χ2v) is 5.48. The highest BCUT2D eigenvalue weighted by atomic mass is 16.2. The highest BCUT2D eigenvalue weighted by Gasteiger charge is 2.28. The van der Waals surface area contributed by atoms with Crippen LogP contribution in [0.3, 0.4) is 0 Å². The van der Waals surface area contributed by atoms with Crippen molar-refractivity contribution in [3.8, 4) is 0 Å². The summed E-state index contributed by atoms with van der Waals surface area (Å²) in [5.41, 5.74) is 7.49. The van der Waals surface area contributed by atoms with E-state index < -0.39 is 0 Å². The summed E-state index contributed by atoms with van der Waals surface area (Å²) in [5.74, 6) is 0.105. The number of hydrogen-bond donors (Lipinski definition) is 2. The molecule has 1 aliphatic carbocycles. The molecule has 1 fully saturated rings. The number of H-pyrrole nitrogens is 1. The highest BCUT2D eigenvalue weighted by Crippen LogP contribution is 2.24. The molecule has 1 aromatic heterocycles. The number of carbonyl (C=O) groups excluding carboxylic acids is 1. The molecule has 0 spiro atoms. The fraction of sp³-hybridized carbons (Fsp3) is 0.714. The summed E-state index contributed by atoms with van der Waals surface area (Å²) in [7, 11) is 0. The van der Waals surface area contributed by atoms with Crippen LogP contribution in [0.1, 0.15) is 55.1 Å². The van der Waals surface area contributed by atoms with Crippen LogP contribution in [-0.4, -0.2) is 39.6 Å². The number of nitrogens with zero attached hydrogens (tertiary/aromatic N) is 2. The third-order valence-electron chi connectivity index (χ3n) is 3.97. The van der Waals surface area contributed by atoms with Gasteiger partial charge in [-0.3, -0.25) is 9.89 Å². The zero-order valence-corrected chi connectivity index (χ0v) is 11.9. The molecule has 5 heteroatoms. The lowest BCUT2D eigenvalue weighted by molar-refractivity contribution is 0.0626. The molecule has 5 nitrogen and oxygen atoms in total. The van der Waals surface area contributed by atoms with Gasteiger partial charge in [-0.1, -0.05) is 6.92 Å². The third kappa shape index (κ3) is 3.15. The number of rotatable bonds is 4. The van der Waals surface area contributed by atoms with Crippen molar-refractivity contribution in [3.63, 3.8) is 0 Å². The molecule has 0 aliphatic heterocycles. The van der Waals surface area contributed by atoms with Gasteiger partial charge in [-0.2, -0.15) is 5.10 Å². The second kappa shape index (κ2) is 6.19. The second-order valence-electron chi connectivity index (χ2n) is 5.48. The van der Waals surface area contributed by atoms with Gasteiger partial charge in [-0.25, -0.2) is 0 Å². The van der Waals surface area contributed by atoms with Crippen LogP contribution in [0.4, 0.5) is 0 Å². The Hall–Kier alpha value is -1.36. The van der Waals surface area contributed by atoms with E-state index >= 15 is 0 Å². The Balaban J connectivity index is 2.11. The van der Waals surface area contributed by atoms with Gasteiger partial charge in [0.15, 0.2) is 0 Å². The standard InChI is InChI=1S/C14H24N4O/c1-3-8-18(12-6-4-11(15)5-7-12)14(19)13-9-16-17-10(13)2/h9,11-12H,3-8,15H2,1-2H3,(H,16,17). The minimum absolute atomic E-state index is 0.105. The molecule has 3 N–H and O–H groups in total. The maximum atomic E-state index is 12.6. The van der Waals surface area contributed by atoms with Crippen molar-refractivity contribution in [2.24, 2.45) is 5.73 Å². The van der Waals surface area contributed by atoms with Crippen LogP contribution in [-0.2, 0) is 0 Å².